The second kappa shape index (κ2) is 7.60. The third-order valence-electron chi connectivity index (χ3n) is 3.78. The minimum Gasteiger partial charge on any atom is -0.449 e. The molecule has 116 valence electrons. The third kappa shape index (κ3) is 4.08. The van der Waals surface area contributed by atoms with Crippen molar-refractivity contribution in [1.29, 1.82) is 5.26 Å². The largest absolute Gasteiger partial charge is 0.449 e. The Morgan fingerprint density at radius 3 is 2.55 bits per heavy atom. The molecule has 0 aliphatic carbocycles. The fraction of sp³-hybridized carbons (Fsp3) is 0.471. The van der Waals surface area contributed by atoms with E-state index in [1.807, 2.05) is 6.07 Å². The number of carbonyl (C=O) groups is 2. The van der Waals surface area contributed by atoms with Crippen LogP contribution in [-0.2, 0) is 9.53 Å². The highest BCUT2D eigenvalue weighted by Crippen LogP contribution is 2.13. The highest BCUT2D eigenvalue weighted by Gasteiger charge is 2.24. The number of hydrogen-bond donors (Lipinski definition) is 0. The van der Waals surface area contributed by atoms with Crippen molar-refractivity contribution < 1.29 is 14.3 Å². The molecule has 1 fully saturated rings. The first kappa shape index (κ1) is 16.0. The van der Waals surface area contributed by atoms with Gasteiger partial charge in [-0.2, -0.15) is 5.26 Å². The van der Waals surface area contributed by atoms with Crippen molar-refractivity contribution in [3.63, 3.8) is 0 Å². The molecular formula is C17H20N2O3. The van der Waals surface area contributed by atoms with E-state index < -0.39 is 12.1 Å². The third-order valence-corrected chi connectivity index (χ3v) is 3.78. The van der Waals surface area contributed by atoms with E-state index in [2.05, 4.69) is 0 Å². The van der Waals surface area contributed by atoms with Gasteiger partial charge in [0.15, 0.2) is 6.10 Å². The average molecular weight is 300 g/mol. The van der Waals surface area contributed by atoms with E-state index in [4.69, 9.17) is 10.00 Å². The monoisotopic (exact) mass is 300 g/mol. The van der Waals surface area contributed by atoms with Crippen LogP contribution < -0.4 is 0 Å². The Kier molecular flexibility index (Phi) is 5.54. The smallest absolute Gasteiger partial charge is 0.338 e. The quantitative estimate of drug-likeness (QED) is 0.804. The fourth-order valence-corrected chi connectivity index (χ4v) is 2.54. The van der Waals surface area contributed by atoms with Gasteiger partial charge in [-0.25, -0.2) is 4.79 Å². The van der Waals surface area contributed by atoms with Crippen LogP contribution in [0.1, 0.15) is 48.5 Å². The van der Waals surface area contributed by atoms with Gasteiger partial charge in [-0.15, -0.1) is 0 Å². The molecule has 0 unspecified atom stereocenters. The van der Waals surface area contributed by atoms with Crippen LogP contribution in [0.5, 0.6) is 0 Å². The van der Waals surface area contributed by atoms with Crippen LogP contribution in [0.4, 0.5) is 0 Å². The summed E-state index contributed by atoms with van der Waals surface area (Å²) in [7, 11) is 0. The van der Waals surface area contributed by atoms with Crippen molar-refractivity contribution in [1.82, 2.24) is 4.90 Å². The van der Waals surface area contributed by atoms with E-state index in [1.54, 1.807) is 30.0 Å². The summed E-state index contributed by atoms with van der Waals surface area (Å²) in [6, 6.07) is 8.25. The molecule has 0 spiro atoms. The van der Waals surface area contributed by atoms with Gasteiger partial charge >= 0.3 is 5.97 Å². The zero-order chi connectivity index (χ0) is 15.9. The lowest BCUT2D eigenvalue weighted by Crippen LogP contribution is -2.40. The molecule has 1 atom stereocenters. The number of amides is 1. The van der Waals surface area contributed by atoms with Crippen LogP contribution in [0, 0.1) is 11.3 Å². The molecule has 5 nitrogen and oxygen atoms in total. The predicted molar refractivity (Wildman–Crippen MR) is 81.1 cm³/mol. The summed E-state index contributed by atoms with van der Waals surface area (Å²) in [4.78, 5) is 26.2. The maximum absolute atomic E-state index is 12.3. The molecule has 1 aliphatic heterocycles. The fourth-order valence-electron chi connectivity index (χ4n) is 2.54. The lowest BCUT2D eigenvalue weighted by molar-refractivity contribution is -0.139. The molecule has 1 heterocycles. The van der Waals surface area contributed by atoms with Gasteiger partial charge in [0.1, 0.15) is 0 Å². The zero-order valence-corrected chi connectivity index (χ0v) is 12.7. The highest BCUT2D eigenvalue weighted by atomic mass is 16.5. The van der Waals surface area contributed by atoms with Gasteiger partial charge in [-0.3, -0.25) is 4.79 Å². The van der Waals surface area contributed by atoms with Crippen molar-refractivity contribution >= 4 is 11.9 Å². The lowest BCUT2D eigenvalue weighted by atomic mass is 10.1. The first-order chi connectivity index (χ1) is 10.6. The van der Waals surface area contributed by atoms with Crippen molar-refractivity contribution in [2.45, 2.75) is 38.7 Å². The standard InChI is InChI=1S/C17H20N2O3/c1-13(16(20)19-9-4-2-3-5-10-19)22-17(21)15-8-6-7-14(11-15)12-18/h6-8,11,13H,2-5,9-10H2,1H3/t13-/m0/s1. The van der Waals surface area contributed by atoms with E-state index in [9.17, 15) is 9.59 Å². The van der Waals surface area contributed by atoms with Crippen molar-refractivity contribution in [3.8, 4) is 6.07 Å². The summed E-state index contributed by atoms with van der Waals surface area (Å²) in [6.07, 6.45) is 3.46. The van der Waals surface area contributed by atoms with E-state index in [-0.39, 0.29) is 11.5 Å². The van der Waals surface area contributed by atoms with Crippen molar-refractivity contribution in [3.05, 3.63) is 35.4 Å². The molecule has 1 aliphatic rings. The molecule has 5 heteroatoms. The van der Waals surface area contributed by atoms with Crippen LogP contribution >= 0.6 is 0 Å². The maximum atomic E-state index is 12.3. The zero-order valence-electron chi connectivity index (χ0n) is 12.7. The molecule has 0 N–H and O–H groups in total. The van der Waals surface area contributed by atoms with Crippen LogP contribution in [0.15, 0.2) is 24.3 Å². The van der Waals surface area contributed by atoms with Crippen molar-refractivity contribution in [2.75, 3.05) is 13.1 Å². The van der Waals surface area contributed by atoms with E-state index >= 15 is 0 Å². The number of benzene rings is 1. The number of likely N-dealkylation sites (tertiary alicyclic amines) is 1. The number of carbonyl (C=O) groups excluding carboxylic acids is 2. The Bertz CT molecular complexity index is 584. The Morgan fingerprint density at radius 2 is 1.91 bits per heavy atom. The van der Waals surface area contributed by atoms with Gasteiger partial charge in [0, 0.05) is 13.1 Å². The van der Waals surface area contributed by atoms with Gasteiger partial charge in [0.25, 0.3) is 5.91 Å². The van der Waals surface area contributed by atoms with E-state index in [1.165, 1.54) is 6.07 Å². The summed E-state index contributed by atoms with van der Waals surface area (Å²) >= 11 is 0. The summed E-state index contributed by atoms with van der Waals surface area (Å²) < 4.78 is 5.25. The topological polar surface area (TPSA) is 70.4 Å². The molecule has 0 bridgehead atoms. The summed E-state index contributed by atoms with van der Waals surface area (Å²) in [5.74, 6) is -0.723. The molecule has 1 aromatic carbocycles. The van der Waals surface area contributed by atoms with Crippen LogP contribution in [0.25, 0.3) is 0 Å². The predicted octanol–water partition coefficient (Wildman–Crippen LogP) is 2.51. The number of hydrogen-bond acceptors (Lipinski definition) is 4. The summed E-state index contributed by atoms with van der Waals surface area (Å²) in [5.41, 5.74) is 0.676. The van der Waals surface area contributed by atoms with Gasteiger partial charge in [-0.05, 0) is 38.0 Å². The maximum Gasteiger partial charge on any atom is 0.338 e. The summed E-state index contributed by atoms with van der Waals surface area (Å²) in [5, 5.41) is 8.85. The summed E-state index contributed by atoms with van der Waals surface area (Å²) in [6.45, 7) is 3.05. The van der Waals surface area contributed by atoms with Crippen LogP contribution in [0.2, 0.25) is 0 Å². The van der Waals surface area contributed by atoms with Crippen LogP contribution in [0.3, 0.4) is 0 Å². The molecular weight excluding hydrogens is 280 g/mol. The van der Waals surface area contributed by atoms with Crippen LogP contribution in [-0.4, -0.2) is 36.0 Å². The van der Waals surface area contributed by atoms with Gasteiger partial charge in [0.2, 0.25) is 0 Å². The number of nitriles is 1. The number of nitrogens with zero attached hydrogens (tertiary/aromatic N) is 2. The number of esters is 1. The Balaban J connectivity index is 1.97. The first-order valence-electron chi connectivity index (χ1n) is 7.62. The molecule has 1 aromatic rings. The molecule has 0 radical (unpaired) electrons. The second-order valence-electron chi connectivity index (χ2n) is 5.48. The molecule has 0 aromatic heterocycles. The van der Waals surface area contributed by atoms with Gasteiger partial charge in [0.05, 0.1) is 17.2 Å². The van der Waals surface area contributed by atoms with Gasteiger partial charge < -0.3 is 9.64 Å². The number of rotatable bonds is 3. The molecule has 1 saturated heterocycles. The molecule has 1 amide bonds. The number of ether oxygens (including phenoxy) is 1. The molecule has 0 saturated carbocycles. The first-order valence-corrected chi connectivity index (χ1v) is 7.62. The second-order valence-corrected chi connectivity index (χ2v) is 5.48. The van der Waals surface area contributed by atoms with E-state index in [0.29, 0.717) is 5.56 Å². The van der Waals surface area contributed by atoms with E-state index in [0.717, 1.165) is 38.8 Å². The minimum absolute atomic E-state index is 0.147. The Morgan fingerprint density at radius 1 is 1.23 bits per heavy atom. The Labute approximate surface area is 130 Å². The molecule has 2 rings (SSSR count). The average Bonchev–Trinajstić information content (AvgIpc) is 2.83. The SMILES string of the molecule is C[C@H](OC(=O)c1cccc(C#N)c1)C(=O)N1CCCCCC1. The minimum atomic E-state index is -0.809. The lowest BCUT2D eigenvalue weighted by Gasteiger charge is -2.24. The normalized spacial score (nSPS) is 16.3. The Hall–Kier alpha value is -2.35. The van der Waals surface area contributed by atoms with Crippen molar-refractivity contribution in [2.24, 2.45) is 0 Å². The van der Waals surface area contributed by atoms with Gasteiger partial charge in [-0.1, -0.05) is 18.9 Å². The highest BCUT2D eigenvalue weighted by molar-refractivity contribution is 5.92. The molecule has 22 heavy (non-hydrogen) atoms.